The van der Waals surface area contributed by atoms with Crippen molar-refractivity contribution in [2.45, 2.75) is 26.4 Å². The molecular formula is C13H18BrNO3. The maximum Gasteiger partial charge on any atom is 0.414 e. The van der Waals surface area contributed by atoms with E-state index in [1.54, 1.807) is 12.1 Å². The van der Waals surface area contributed by atoms with Crippen LogP contribution in [-0.2, 0) is 4.74 Å². The van der Waals surface area contributed by atoms with Crippen molar-refractivity contribution in [1.82, 2.24) is 0 Å². The Bertz CT molecular complexity index is 398. The molecule has 0 spiro atoms. The zero-order valence-corrected chi connectivity index (χ0v) is 12.4. The summed E-state index contributed by atoms with van der Waals surface area (Å²) < 4.78 is 6.23. The number of anilines is 1. The maximum absolute atomic E-state index is 12.0. The van der Waals surface area contributed by atoms with E-state index in [1.807, 2.05) is 32.9 Å². The van der Waals surface area contributed by atoms with E-state index in [-0.39, 0.29) is 13.2 Å². The number of aliphatic hydroxyl groups excluding tert-OH is 1. The van der Waals surface area contributed by atoms with E-state index >= 15 is 0 Å². The number of benzene rings is 1. The number of hydrogen-bond donors (Lipinski definition) is 1. The number of aliphatic hydroxyl groups is 1. The van der Waals surface area contributed by atoms with Crippen LogP contribution in [0.3, 0.4) is 0 Å². The summed E-state index contributed by atoms with van der Waals surface area (Å²) in [7, 11) is 0. The molecule has 0 unspecified atom stereocenters. The van der Waals surface area contributed by atoms with Gasteiger partial charge in [-0.2, -0.15) is 0 Å². The summed E-state index contributed by atoms with van der Waals surface area (Å²) in [6.07, 6.45) is -0.459. The molecule has 0 saturated carbocycles. The van der Waals surface area contributed by atoms with Gasteiger partial charge in [-0.05, 0) is 45.0 Å². The van der Waals surface area contributed by atoms with E-state index in [0.29, 0.717) is 5.69 Å². The smallest absolute Gasteiger partial charge is 0.414 e. The molecule has 0 aromatic heterocycles. The number of ether oxygens (including phenoxy) is 1. The van der Waals surface area contributed by atoms with E-state index in [2.05, 4.69) is 15.9 Å². The van der Waals surface area contributed by atoms with Gasteiger partial charge in [0.25, 0.3) is 0 Å². The van der Waals surface area contributed by atoms with Crippen molar-refractivity contribution in [2.75, 3.05) is 18.1 Å². The van der Waals surface area contributed by atoms with E-state index < -0.39 is 11.7 Å². The summed E-state index contributed by atoms with van der Waals surface area (Å²) in [6, 6.07) is 7.27. The van der Waals surface area contributed by atoms with Crippen LogP contribution in [0.1, 0.15) is 20.8 Å². The monoisotopic (exact) mass is 315 g/mol. The van der Waals surface area contributed by atoms with Gasteiger partial charge < -0.3 is 9.84 Å². The lowest BCUT2D eigenvalue weighted by Gasteiger charge is -2.27. The first-order chi connectivity index (χ1) is 8.33. The molecule has 1 aromatic rings. The highest BCUT2D eigenvalue weighted by Crippen LogP contribution is 2.20. The van der Waals surface area contributed by atoms with Crippen LogP contribution in [0, 0.1) is 0 Å². The van der Waals surface area contributed by atoms with Crippen LogP contribution in [0.4, 0.5) is 10.5 Å². The molecule has 0 aliphatic rings. The molecule has 0 aliphatic carbocycles. The number of amides is 1. The molecule has 0 saturated heterocycles. The lowest BCUT2D eigenvalue weighted by molar-refractivity contribution is 0.0573. The van der Waals surface area contributed by atoms with Gasteiger partial charge in [-0.25, -0.2) is 4.79 Å². The molecule has 18 heavy (non-hydrogen) atoms. The van der Waals surface area contributed by atoms with Gasteiger partial charge in [0.1, 0.15) is 5.60 Å². The third-order valence-electron chi connectivity index (χ3n) is 2.08. The van der Waals surface area contributed by atoms with Gasteiger partial charge in [0, 0.05) is 10.2 Å². The van der Waals surface area contributed by atoms with Gasteiger partial charge in [-0.3, -0.25) is 4.90 Å². The summed E-state index contributed by atoms with van der Waals surface area (Å²) in [5.74, 6) is 0. The van der Waals surface area contributed by atoms with Crippen LogP contribution in [0.5, 0.6) is 0 Å². The van der Waals surface area contributed by atoms with Crippen LogP contribution in [0.25, 0.3) is 0 Å². The fourth-order valence-electron chi connectivity index (χ4n) is 1.36. The quantitative estimate of drug-likeness (QED) is 0.932. The molecule has 0 bridgehead atoms. The molecule has 1 amide bonds. The SMILES string of the molecule is CC(C)(C)OC(=O)N(CCO)c1ccc(Br)cc1. The molecule has 0 radical (unpaired) electrons. The molecule has 4 nitrogen and oxygen atoms in total. The highest BCUT2D eigenvalue weighted by molar-refractivity contribution is 9.10. The molecule has 100 valence electrons. The Kier molecular flexibility index (Phi) is 5.16. The van der Waals surface area contributed by atoms with Gasteiger partial charge in [0.15, 0.2) is 0 Å². The predicted octanol–water partition coefficient (Wildman–Crippen LogP) is 3.18. The topological polar surface area (TPSA) is 49.8 Å². The average molecular weight is 316 g/mol. The second kappa shape index (κ2) is 6.20. The molecule has 0 aliphatic heterocycles. The molecule has 0 fully saturated rings. The zero-order chi connectivity index (χ0) is 13.8. The normalized spacial score (nSPS) is 11.2. The zero-order valence-electron chi connectivity index (χ0n) is 10.8. The van der Waals surface area contributed by atoms with Gasteiger partial charge in [-0.15, -0.1) is 0 Å². The second-order valence-corrected chi connectivity index (χ2v) is 5.75. The standard InChI is InChI=1S/C13H18BrNO3/c1-13(2,3)18-12(17)15(8-9-16)11-6-4-10(14)5-7-11/h4-7,16H,8-9H2,1-3H3. The molecule has 1 rings (SSSR count). The minimum absolute atomic E-state index is 0.116. The Hall–Kier alpha value is -1.07. The average Bonchev–Trinajstić information content (AvgIpc) is 2.25. The van der Waals surface area contributed by atoms with Crippen molar-refractivity contribution < 1.29 is 14.6 Å². The van der Waals surface area contributed by atoms with Crippen LogP contribution < -0.4 is 4.90 Å². The Morgan fingerprint density at radius 1 is 1.33 bits per heavy atom. The van der Waals surface area contributed by atoms with E-state index in [9.17, 15) is 4.79 Å². The highest BCUT2D eigenvalue weighted by atomic mass is 79.9. The Morgan fingerprint density at radius 3 is 2.33 bits per heavy atom. The van der Waals surface area contributed by atoms with Crippen molar-refractivity contribution >= 4 is 27.7 Å². The fraction of sp³-hybridized carbons (Fsp3) is 0.462. The lowest BCUT2D eigenvalue weighted by Crippen LogP contribution is -2.38. The molecule has 1 aromatic carbocycles. The number of carbonyl (C=O) groups excluding carboxylic acids is 1. The lowest BCUT2D eigenvalue weighted by atomic mass is 10.2. The van der Waals surface area contributed by atoms with Crippen LogP contribution in [-0.4, -0.2) is 30.0 Å². The van der Waals surface area contributed by atoms with Crippen molar-refractivity contribution in [2.24, 2.45) is 0 Å². The predicted molar refractivity (Wildman–Crippen MR) is 74.8 cm³/mol. The van der Waals surface area contributed by atoms with Gasteiger partial charge in [-0.1, -0.05) is 15.9 Å². The number of rotatable bonds is 3. The third-order valence-corrected chi connectivity index (χ3v) is 2.60. The van der Waals surface area contributed by atoms with Crippen LogP contribution in [0.2, 0.25) is 0 Å². The van der Waals surface area contributed by atoms with Gasteiger partial charge in [0.2, 0.25) is 0 Å². The molecule has 1 N–H and O–H groups in total. The largest absolute Gasteiger partial charge is 0.443 e. The van der Waals surface area contributed by atoms with Gasteiger partial charge in [0.05, 0.1) is 13.2 Å². The Balaban J connectivity index is 2.88. The molecule has 0 atom stereocenters. The van der Waals surface area contributed by atoms with Crippen LogP contribution in [0.15, 0.2) is 28.7 Å². The molecule has 0 heterocycles. The van der Waals surface area contributed by atoms with Crippen LogP contribution >= 0.6 is 15.9 Å². The van der Waals surface area contributed by atoms with Crippen molar-refractivity contribution in [3.05, 3.63) is 28.7 Å². The highest BCUT2D eigenvalue weighted by Gasteiger charge is 2.22. The number of carbonyl (C=O) groups is 1. The first kappa shape index (κ1) is 15.0. The fourth-order valence-corrected chi connectivity index (χ4v) is 1.63. The Labute approximate surface area is 116 Å². The van der Waals surface area contributed by atoms with E-state index in [4.69, 9.17) is 9.84 Å². The number of halogens is 1. The summed E-state index contributed by atoms with van der Waals surface area (Å²) >= 11 is 3.34. The maximum atomic E-state index is 12.0. The van der Waals surface area contributed by atoms with Crippen molar-refractivity contribution in [1.29, 1.82) is 0 Å². The number of hydrogen-bond acceptors (Lipinski definition) is 3. The first-order valence-corrected chi connectivity index (χ1v) is 6.50. The minimum Gasteiger partial charge on any atom is -0.443 e. The van der Waals surface area contributed by atoms with Gasteiger partial charge >= 0.3 is 6.09 Å². The summed E-state index contributed by atoms with van der Waals surface area (Å²) in [5, 5.41) is 9.04. The van der Waals surface area contributed by atoms with E-state index in [0.717, 1.165) is 4.47 Å². The second-order valence-electron chi connectivity index (χ2n) is 4.83. The van der Waals surface area contributed by atoms with E-state index in [1.165, 1.54) is 4.90 Å². The summed E-state index contributed by atoms with van der Waals surface area (Å²) in [5.41, 5.74) is 0.140. The third kappa shape index (κ3) is 4.66. The van der Waals surface area contributed by atoms with Crippen molar-refractivity contribution in [3.8, 4) is 0 Å². The molecular weight excluding hydrogens is 298 g/mol. The summed E-state index contributed by atoms with van der Waals surface area (Å²) in [6.45, 7) is 5.52. The van der Waals surface area contributed by atoms with Crippen molar-refractivity contribution in [3.63, 3.8) is 0 Å². The minimum atomic E-state index is -0.555. The molecule has 5 heteroatoms. The number of nitrogens with zero attached hydrogens (tertiary/aromatic N) is 1. The first-order valence-electron chi connectivity index (χ1n) is 5.70. The summed E-state index contributed by atoms with van der Waals surface area (Å²) in [4.78, 5) is 13.4. The Morgan fingerprint density at radius 2 is 1.89 bits per heavy atom.